The number of hydrogen-bond acceptors (Lipinski definition) is 8. The fraction of sp³-hybridized carbons (Fsp3) is 0.0800. The first kappa shape index (κ1) is 22.2. The first-order valence-corrected chi connectivity index (χ1v) is 11.2. The zero-order valence-electron chi connectivity index (χ0n) is 18.2. The highest BCUT2D eigenvalue weighted by atomic mass is 32.1. The van der Waals surface area contributed by atoms with Gasteiger partial charge in [-0.1, -0.05) is 29.5 Å². The van der Waals surface area contributed by atoms with E-state index in [0.717, 1.165) is 11.3 Å². The van der Waals surface area contributed by atoms with Crippen molar-refractivity contribution in [1.29, 1.82) is 0 Å². The molecule has 0 saturated carbocycles. The van der Waals surface area contributed by atoms with Crippen LogP contribution in [0, 0.1) is 0 Å². The molecular formula is C25H17N3O6S. The highest BCUT2D eigenvalue weighted by Gasteiger charge is 2.48. The molecule has 4 aromatic rings. The van der Waals surface area contributed by atoms with Crippen LogP contribution < -0.4 is 9.64 Å². The third kappa shape index (κ3) is 3.79. The van der Waals surface area contributed by atoms with Crippen LogP contribution in [0.4, 0.5) is 5.13 Å². The van der Waals surface area contributed by atoms with E-state index in [-0.39, 0.29) is 22.0 Å². The van der Waals surface area contributed by atoms with Crippen LogP contribution in [0.1, 0.15) is 27.7 Å². The number of carboxylic acid groups (broad SMARTS) is 1. The zero-order chi connectivity index (χ0) is 24.7. The van der Waals surface area contributed by atoms with Gasteiger partial charge in [-0.25, -0.2) is 9.78 Å². The van der Waals surface area contributed by atoms with E-state index in [4.69, 9.17) is 4.74 Å². The van der Waals surface area contributed by atoms with Crippen LogP contribution in [0.25, 0.3) is 16.0 Å². The van der Waals surface area contributed by atoms with Gasteiger partial charge in [-0.05, 0) is 42.5 Å². The fourth-order valence-corrected chi connectivity index (χ4v) is 4.95. The van der Waals surface area contributed by atoms with Gasteiger partial charge in [0.15, 0.2) is 5.13 Å². The minimum atomic E-state index is -1.09. The molecular weight excluding hydrogens is 470 g/mol. The summed E-state index contributed by atoms with van der Waals surface area (Å²) in [6.07, 6.45) is 1.53. The minimum Gasteiger partial charge on any atom is -0.507 e. The molecule has 2 aromatic heterocycles. The Bertz CT molecular complexity index is 1530. The topological polar surface area (TPSA) is 130 Å². The van der Waals surface area contributed by atoms with Gasteiger partial charge < -0.3 is 14.9 Å². The Balaban J connectivity index is 1.70. The van der Waals surface area contributed by atoms with Crippen LogP contribution in [0.15, 0.2) is 72.4 Å². The summed E-state index contributed by atoms with van der Waals surface area (Å²) in [5.41, 5.74) is 1.09. The smallest absolute Gasteiger partial charge is 0.335 e. The number of hydrogen-bond donors (Lipinski definition) is 2. The molecule has 1 fully saturated rings. The fourth-order valence-electron chi connectivity index (χ4n) is 3.92. The SMILES string of the molecule is COc1cccc(/C(O)=C2\C(=O)C(=O)N(c3nc4ccc(C(=O)O)cc4s3)C2c2ccccn2)c1. The van der Waals surface area contributed by atoms with Crippen molar-refractivity contribution in [2.24, 2.45) is 0 Å². The van der Waals surface area contributed by atoms with Crippen LogP contribution in [-0.4, -0.2) is 45.0 Å². The van der Waals surface area contributed by atoms with Crippen LogP contribution >= 0.6 is 11.3 Å². The van der Waals surface area contributed by atoms with Gasteiger partial charge >= 0.3 is 11.9 Å². The summed E-state index contributed by atoms with van der Waals surface area (Å²) in [4.78, 5) is 47.9. The Morgan fingerprint density at radius 1 is 1.03 bits per heavy atom. The van der Waals surface area contributed by atoms with Crippen molar-refractivity contribution in [1.82, 2.24) is 9.97 Å². The number of pyridine rings is 1. The van der Waals surface area contributed by atoms with Gasteiger partial charge in [-0.15, -0.1) is 0 Å². The summed E-state index contributed by atoms with van der Waals surface area (Å²) in [6.45, 7) is 0. The maximum absolute atomic E-state index is 13.3. The summed E-state index contributed by atoms with van der Waals surface area (Å²) < 4.78 is 5.76. The number of rotatable bonds is 5. The molecule has 5 rings (SSSR count). The Hall–Kier alpha value is -4.57. The lowest BCUT2D eigenvalue weighted by Crippen LogP contribution is -2.29. The monoisotopic (exact) mass is 487 g/mol. The lowest BCUT2D eigenvalue weighted by atomic mass is 9.98. The van der Waals surface area contributed by atoms with E-state index in [1.165, 1.54) is 30.3 Å². The van der Waals surface area contributed by atoms with Crippen molar-refractivity contribution in [2.75, 3.05) is 12.0 Å². The third-order valence-corrected chi connectivity index (χ3v) is 6.60. The largest absolute Gasteiger partial charge is 0.507 e. The molecule has 2 N–H and O–H groups in total. The number of aliphatic hydroxyl groups is 1. The lowest BCUT2D eigenvalue weighted by molar-refractivity contribution is -0.132. The van der Waals surface area contributed by atoms with Crippen LogP contribution in [0.5, 0.6) is 5.75 Å². The predicted octanol–water partition coefficient (Wildman–Crippen LogP) is 4.02. The maximum Gasteiger partial charge on any atom is 0.335 e. The molecule has 1 atom stereocenters. The first-order valence-electron chi connectivity index (χ1n) is 10.4. The third-order valence-electron chi connectivity index (χ3n) is 5.59. The summed E-state index contributed by atoms with van der Waals surface area (Å²) in [5.74, 6) is -2.74. The van der Waals surface area contributed by atoms with E-state index in [9.17, 15) is 24.6 Å². The Kier molecular flexibility index (Phi) is 5.50. The van der Waals surface area contributed by atoms with Gasteiger partial charge in [-0.2, -0.15) is 0 Å². The second kappa shape index (κ2) is 8.65. The van der Waals surface area contributed by atoms with Gasteiger partial charge in [0.25, 0.3) is 5.78 Å². The zero-order valence-corrected chi connectivity index (χ0v) is 19.0. The van der Waals surface area contributed by atoms with Gasteiger partial charge in [0, 0.05) is 11.8 Å². The molecule has 0 radical (unpaired) electrons. The molecule has 174 valence electrons. The molecule has 0 aliphatic carbocycles. The van der Waals surface area contributed by atoms with E-state index in [0.29, 0.717) is 27.2 Å². The highest BCUT2D eigenvalue weighted by Crippen LogP contribution is 2.44. The molecule has 1 unspecified atom stereocenters. The number of thiazole rings is 1. The number of ether oxygens (including phenoxy) is 1. The van der Waals surface area contributed by atoms with Gasteiger partial charge in [0.05, 0.1) is 34.2 Å². The number of fused-ring (bicyclic) bond motifs is 1. The van der Waals surface area contributed by atoms with Crippen molar-refractivity contribution in [3.8, 4) is 5.75 Å². The van der Waals surface area contributed by atoms with Crippen molar-refractivity contribution >= 4 is 50.1 Å². The van der Waals surface area contributed by atoms with Gasteiger partial charge in [-0.3, -0.25) is 19.5 Å². The summed E-state index contributed by atoms with van der Waals surface area (Å²) >= 11 is 1.07. The van der Waals surface area contributed by atoms with E-state index in [1.54, 1.807) is 48.5 Å². The predicted molar refractivity (Wildman–Crippen MR) is 129 cm³/mol. The molecule has 0 spiro atoms. The number of Topliss-reactive ketones (excluding diaryl/α,β-unsaturated/α-hetero) is 1. The Morgan fingerprint density at radius 2 is 1.86 bits per heavy atom. The van der Waals surface area contributed by atoms with Crippen molar-refractivity contribution < 1.29 is 29.3 Å². The number of amides is 1. The van der Waals surface area contributed by atoms with Crippen molar-refractivity contribution in [3.63, 3.8) is 0 Å². The molecule has 2 aromatic carbocycles. The van der Waals surface area contributed by atoms with Gasteiger partial charge in [0.1, 0.15) is 17.6 Å². The molecule has 10 heteroatoms. The number of anilines is 1. The number of aromatic nitrogens is 2. The molecule has 1 aliphatic heterocycles. The molecule has 1 aliphatic rings. The Morgan fingerprint density at radius 3 is 2.57 bits per heavy atom. The Labute approximate surface area is 202 Å². The lowest BCUT2D eigenvalue weighted by Gasteiger charge is -2.22. The number of methoxy groups -OCH3 is 1. The maximum atomic E-state index is 13.3. The molecule has 9 nitrogen and oxygen atoms in total. The highest BCUT2D eigenvalue weighted by molar-refractivity contribution is 7.22. The van der Waals surface area contributed by atoms with Crippen molar-refractivity contribution in [2.45, 2.75) is 6.04 Å². The average Bonchev–Trinajstić information content (AvgIpc) is 3.41. The summed E-state index contributed by atoms with van der Waals surface area (Å²) in [6, 6.07) is 15.0. The normalized spacial score (nSPS) is 17.2. The molecule has 1 saturated heterocycles. The number of nitrogens with zero attached hydrogens (tertiary/aromatic N) is 3. The summed E-state index contributed by atoms with van der Waals surface area (Å²) in [7, 11) is 1.48. The second-order valence-corrected chi connectivity index (χ2v) is 8.65. The number of carbonyl (C=O) groups is 3. The van der Waals surface area contributed by atoms with E-state index < -0.39 is 23.7 Å². The molecule has 3 heterocycles. The number of carbonyl (C=O) groups excluding carboxylic acids is 2. The minimum absolute atomic E-state index is 0.0778. The van der Waals surface area contributed by atoms with E-state index in [2.05, 4.69) is 9.97 Å². The number of aliphatic hydroxyl groups excluding tert-OH is 1. The standard InChI is InChI=1S/C25H17N3O6S/c1-34-15-6-4-5-13(11-15)21(29)19-20(17-7-2-3-10-26-17)28(23(31)22(19)30)25-27-16-9-8-14(24(32)33)12-18(16)35-25/h2-12,20,29H,1H3,(H,32,33)/b21-19+. The number of aromatic carboxylic acids is 1. The van der Waals surface area contributed by atoms with Crippen LogP contribution in [0.2, 0.25) is 0 Å². The second-order valence-electron chi connectivity index (χ2n) is 7.64. The van der Waals surface area contributed by atoms with E-state index in [1.807, 2.05) is 0 Å². The van der Waals surface area contributed by atoms with Crippen LogP contribution in [0.3, 0.4) is 0 Å². The summed E-state index contributed by atoms with van der Waals surface area (Å²) in [5, 5.41) is 20.7. The molecule has 35 heavy (non-hydrogen) atoms. The van der Waals surface area contributed by atoms with Gasteiger partial charge in [0.2, 0.25) is 0 Å². The number of ketones is 1. The van der Waals surface area contributed by atoms with E-state index >= 15 is 0 Å². The first-order chi connectivity index (χ1) is 16.9. The quantitative estimate of drug-likeness (QED) is 0.245. The molecule has 1 amide bonds. The number of carboxylic acids is 1. The van der Waals surface area contributed by atoms with Crippen molar-refractivity contribution in [3.05, 3.63) is 89.3 Å². The number of benzene rings is 2. The molecule has 0 bridgehead atoms. The average molecular weight is 487 g/mol. The van der Waals surface area contributed by atoms with Crippen LogP contribution in [-0.2, 0) is 9.59 Å².